The van der Waals surface area contributed by atoms with Gasteiger partial charge in [-0.3, -0.25) is 14.5 Å². The number of rotatable bonds is 1. The summed E-state index contributed by atoms with van der Waals surface area (Å²) in [6.45, 7) is 6.04. The minimum absolute atomic E-state index is 0.0314. The average Bonchev–Trinajstić information content (AvgIpc) is 2.84. The maximum absolute atomic E-state index is 12.5. The third-order valence-electron chi connectivity index (χ3n) is 4.53. The Labute approximate surface area is 107 Å². The van der Waals surface area contributed by atoms with Crippen molar-refractivity contribution < 1.29 is 9.59 Å². The number of nitrogens with zero attached hydrogens (tertiary/aromatic N) is 2. The molecule has 3 saturated heterocycles. The van der Waals surface area contributed by atoms with Gasteiger partial charge in [0.15, 0.2) is 0 Å². The van der Waals surface area contributed by atoms with Gasteiger partial charge in [0.05, 0.1) is 6.54 Å². The fourth-order valence-corrected chi connectivity index (χ4v) is 3.71. The standard InChI is InChI=1S/C13H21N3O2/c1-13(2)12(18)16(8-11(17)14-13)10-5-7-15-6-3-4-9(10)15/h9-10H,3-8H2,1-2H3,(H,14,17). The summed E-state index contributed by atoms with van der Waals surface area (Å²) < 4.78 is 0. The molecule has 5 nitrogen and oxygen atoms in total. The average molecular weight is 251 g/mol. The van der Waals surface area contributed by atoms with Gasteiger partial charge < -0.3 is 10.2 Å². The predicted octanol–water partition coefficient (Wildman–Crippen LogP) is -0.0399. The van der Waals surface area contributed by atoms with Crippen LogP contribution >= 0.6 is 0 Å². The highest BCUT2D eigenvalue weighted by molar-refractivity contribution is 5.97. The van der Waals surface area contributed by atoms with E-state index in [4.69, 9.17) is 0 Å². The van der Waals surface area contributed by atoms with E-state index in [1.807, 2.05) is 4.90 Å². The third kappa shape index (κ3) is 1.72. The monoisotopic (exact) mass is 251 g/mol. The third-order valence-corrected chi connectivity index (χ3v) is 4.53. The van der Waals surface area contributed by atoms with Crippen molar-refractivity contribution in [3.8, 4) is 0 Å². The van der Waals surface area contributed by atoms with E-state index in [0.717, 1.165) is 25.9 Å². The molecule has 0 spiro atoms. The highest BCUT2D eigenvalue weighted by atomic mass is 16.2. The SMILES string of the molecule is CC1(C)NC(=O)CN(C2CCN3CCCC23)C1=O. The largest absolute Gasteiger partial charge is 0.341 e. The molecule has 3 aliphatic heterocycles. The molecule has 3 aliphatic rings. The maximum Gasteiger partial charge on any atom is 0.248 e. The molecule has 0 aromatic heterocycles. The van der Waals surface area contributed by atoms with Crippen LogP contribution in [0.2, 0.25) is 0 Å². The first kappa shape index (κ1) is 12.0. The Morgan fingerprint density at radius 1 is 1.17 bits per heavy atom. The van der Waals surface area contributed by atoms with Crippen LogP contribution < -0.4 is 5.32 Å². The summed E-state index contributed by atoms with van der Waals surface area (Å²) in [4.78, 5) is 28.5. The summed E-state index contributed by atoms with van der Waals surface area (Å²) in [5.74, 6) is 0.0388. The Morgan fingerprint density at radius 2 is 1.94 bits per heavy atom. The second-order valence-corrected chi connectivity index (χ2v) is 6.21. The van der Waals surface area contributed by atoms with Gasteiger partial charge in [-0.15, -0.1) is 0 Å². The molecule has 0 aromatic carbocycles. The van der Waals surface area contributed by atoms with Gasteiger partial charge in [0.2, 0.25) is 11.8 Å². The van der Waals surface area contributed by atoms with Crippen LogP contribution in [0.5, 0.6) is 0 Å². The summed E-state index contributed by atoms with van der Waals surface area (Å²) in [5, 5.41) is 2.77. The summed E-state index contributed by atoms with van der Waals surface area (Å²) in [6, 6.07) is 0.723. The van der Waals surface area contributed by atoms with E-state index in [1.54, 1.807) is 13.8 Å². The van der Waals surface area contributed by atoms with Crippen LogP contribution in [0.4, 0.5) is 0 Å². The Bertz CT molecular complexity index is 394. The number of hydrogen-bond acceptors (Lipinski definition) is 3. The quantitative estimate of drug-likeness (QED) is 0.711. The van der Waals surface area contributed by atoms with Crippen LogP contribution in [0.15, 0.2) is 0 Å². The minimum atomic E-state index is -0.749. The zero-order valence-corrected chi connectivity index (χ0v) is 11.1. The van der Waals surface area contributed by atoms with Gasteiger partial charge in [-0.2, -0.15) is 0 Å². The second-order valence-electron chi connectivity index (χ2n) is 6.21. The van der Waals surface area contributed by atoms with Gasteiger partial charge >= 0.3 is 0 Å². The van der Waals surface area contributed by atoms with E-state index in [1.165, 1.54) is 6.42 Å². The number of carbonyl (C=O) groups is 2. The van der Waals surface area contributed by atoms with E-state index in [-0.39, 0.29) is 24.4 Å². The first-order valence-corrected chi connectivity index (χ1v) is 6.85. The van der Waals surface area contributed by atoms with E-state index in [2.05, 4.69) is 10.2 Å². The molecule has 2 unspecified atom stereocenters. The number of nitrogens with one attached hydrogen (secondary N) is 1. The number of fused-ring (bicyclic) bond motifs is 1. The Hall–Kier alpha value is -1.10. The van der Waals surface area contributed by atoms with Crippen LogP contribution in [0.25, 0.3) is 0 Å². The highest BCUT2D eigenvalue weighted by Crippen LogP contribution is 2.33. The van der Waals surface area contributed by atoms with Crippen LogP contribution in [-0.2, 0) is 9.59 Å². The molecule has 5 heteroatoms. The van der Waals surface area contributed by atoms with Gasteiger partial charge in [-0.05, 0) is 39.7 Å². The lowest BCUT2D eigenvalue weighted by molar-refractivity contribution is -0.151. The van der Waals surface area contributed by atoms with Crippen molar-refractivity contribution in [2.24, 2.45) is 0 Å². The van der Waals surface area contributed by atoms with Gasteiger partial charge in [0.25, 0.3) is 0 Å². The fourth-order valence-electron chi connectivity index (χ4n) is 3.71. The number of hydrogen-bond donors (Lipinski definition) is 1. The van der Waals surface area contributed by atoms with E-state index >= 15 is 0 Å². The van der Waals surface area contributed by atoms with E-state index < -0.39 is 5.54 Å². The summed E-state index contributed by atoms with van der Waals surface area (Å²) >= 11 is 0. The van der Waals surface area contributed by atoms with Gasteiger partial charge in [-0.1, -0.05) is 0 Å². The Kier molecular flexibility index (Phi) is 2.62. The molecule has 0 saturated carbocycles. The van der Waals surface area contributed by atoms with Crippen molar-refractivity contribution >= 4 is 11.8 Å². The molecule has 0 aliphatic carbocycles. The second kappa shape index (κ2) is 3.95. The highest BCUT2D eigenvalue weighted by Gasteiger charge is 2.47. The molecule has 100 valence electrons. The van der Waals surface area contributed by atoms with Crippen molar-refractivity contribution in [1.82, 2.24) is 15.1 Å². The zero-order valence-electron chi connectivity index (χ0n) is 11.1. The van der Waals surface area contributed by atoms with Gasteiger partial charge in [0, 0.05) is 18.6 Å². The zero-order chi connectivity index (χ0) is 12.9. The lowest BCUT2D eigenvalue weighted by Gasteiger charge is -2.42. The van der Waals surface area contributed by atoms with Crippen LogP contribution in [0, 0.1) is 0 Å². The van der Waals surface area contributed by atoms with Gasteiger partial charge in [0.1, 0.15) is 5.54 Å². The molecule has 0 aromatic rings. The molecule has 0 bridgehead atoms. The lowest BCUT2D eigenvalue weighted by Crippen LogP contribution is -2.66. The maximum atomic E-state index is 12.5. The molecule has 3 rings (SSSR count). The van der Waals surface area contributed by atoms with Crippen molar-refractivity contribution in [3.05, 3.63) is 0 Å². The smallest absolute Gasteiger partial charge is 0.248 e. The number of piperazine rings is 1. The molecule has 2 atom stereocenters. The van der Waals surface area contributed by atoms with Crippen molar-refractivity contribution in [1.29, 1.82) is 0 Å². The molecular weight excluding hydrogens is 230 g/mol. The molecular formula is C13H21N3O2. The molecule has 1 N–H and O–H groups in total. The Morgan fingerprint density at radius 3 is 2.72 bits per heavy atom. The van der Waals surface area contributed by atoms with Crippen LogP contribution in [-0.4, -0.2) is 58.9 Å². The fraction of sp³-hybridized carbons (Fsp3) is 0.846. The first-order chi connectivity index (χ1) is 8.49. The van der Waals surface area contributed by atoms with Crippen LogP contribution in [0.1, 0.15) is 33.1 Å². The summed E-state index contributed by atoms with van der Waals surface area (Å²) in [5.41, 5.74) is -0.749. The first-order valence-electron chi connectivity index (χ1n) is 6.85. The van der Waals surface area contributed by atoms with E-state index in [9.17, 15) is 9.59 Å². The normalized spacial score (nSPS) is 35.8. The topological polar surface area (TPSA) is 52.7 Å². The van der Waals surface area contributed by atoms with Crippen LogP contribution in [0.3, 0.4) is 0 Å². The molecule has 3 heterocycles. The molecule has 3 fully saturated rings. The Balaban J connectivity index is 1.82. The summed E-state index contributed by atoms with van der Waals surface area (Å²) in [6.07, 6.45) is 3.40. The van der Waals surface area contributed by atoms with Gasteiger partial charge in [-0.25, -0.2) is 0 Å². The summed E-state index contributed by atoms with van der Waals surface area (Å²) in [7, 11) is 0. The predicted molar refractivity (Wildman–Crippen MR) is 66.9 cm³/mol. The molecule has 0 radical (unpaired) electrons. The van der Waals surface area contributed by atoms with Crippen molar-refractivity contribution in [2.45, 2.75) is 50.7 Å². The molecule has 18 heavy (non-hydrogen) atoms. The van der Waals surface area contributed by atoms with Crippen molar-refractivity contribution in [2.75, 3.05) is 19.6 Å². The van der Waals surface area contributed by atoms with Crippen molar-refractivity contribution in [3.63, 3.8) is 0 Å². The molecule has 2 amide bonds. The number of carbonyl (C=O) groups excluding carboxylic acids is 2. The minimum Gasteiger partial charge on any atom is -0.341 e. The number of amides is 2. The lowest BCUT2D eigenvalue weighted by atomic mass is 9.96. The van der Waals surface area contributed by atoms with E-state index in [0.29, 0.717) is 6.04 Å².